The van der Waals surface area contributed by atoms with Gasteiger partial charge in [0.2, 0.25) is 41.4 Å². The second-order valence-electron chi connectivity index (χ2n) is 37.1. The first-order valence-electron chi connectivity index (χ1n) is 44.1. The Kier molecular flexibility index (Phi) is 37.6. The molecule has 1 saturated heterocycles. The number of para-hydroxylation sites is 1. The summed E-state index contributed by atoms with van der Waals surface area (Å²) in [5.41, 5.74) is 12.7. The summed E-state index contributed by atoms with van der Waals surface area (Å²) in [5, 5.41) is 43.1. The van der Waals surface area contributed by atoms with Crippen molar-refractivity contribution in [2.24, 2.45) is 23.3 Å². The molecule has 2 aliphatic heterocycles. The van der Waals surface area contributed by atoms with Crippen molar-refractivity contribution in [3.8, 4) is 5.75 Å². The smallest absolute Gasteiger partial charge is 0.407 e. The lowest BCUT2D eigenvalue weighted by molar-refractivity contribution is -0.156. The maximum atomic E-state index is 16.5. The van der Waals surface area contributed by atoms with E-state index in [2.05, 4.69) is 47.9 Å². The number of amides is 10. The van der Waals surface area contributed by atoms with Gasteiger partial charge in [0.05, 0.1) is 23.5 Å². The number of nitrogens with two attached hydrogens (primary N) is 2. The third kappa shape index (κ3) is 31.3. The summed E-state index contributed by atoms with van der Waals surface area (Å²) in [4.78, 5) is 178. The molecule has 10 amide bonds. The average molecular weight is 1810 g/mol. The van der Waals surface area contributed by atoms with Crippen LogP contribution in [0, 0.1) is 38.0 Å². The van der Waals surface area contributed by atoms with E-state index >= 15 is 37.2 Å². The number of aliphatic carboxylic acids is 1. The molecular formula is C95H134N14O19S. The standard InChI is InChI=1S/C95H134N14O19S/c1-19-57(4)77(88(119)109(129(123,124)79-59(6)58(5)78-66(60(79)7)54-95(17,18)127-78)75(43-32-48-99-90(97)98)86(117)102-69(89(120)121)42-30-31-47-100-91(122)128-94(14,15)16)107-84(115)72(52-62-36-24-21-25-37-62)104-81(112)70(50-56(2)3)103-83(114)73(53-76(110)126-93(11,12)13)105-82(113)71(51-61-34-22-20-23-35-61)106-85(116)74-44-33-49-108(74)87(118)65-40-28-26-38-63(65)45-46-64-39-27-29-41-68(64)101-80(111)67(96)55-125-92(8,9)10/h20-29,34-41,45-46,56-57,67,69-75,77H,19,30-33,42-44,47-55,96H2,1-18H3,(H,100,122)(H,101,111)(H,102,117)(H,103,114)(H,104,112)(H,105,113)(H,106,116)(H,107,115)(H,120,121)(H4,97,98,99)/b46-45+/t57-,67-,69-,70-,71-,72-,73-,74-,75-,77-/m0/s1. The van der Waals surface area contributed by atoms with Crippen LogP contribution in [0.25, 0.3) is 12.2 Å². The van der Waals surface area contributed by atoms with E-state index in [0.29, 0.717) is 55.5 Å². The highest BCUT2D eigenvalue weighted by molar-refractivity contribution is 7.89. The first-order valence-corrected chi connectivity index (χ1v) is 45.5. The third-order valence-electron chi connectivity index (χ3n) is 21.9. The van der Waals surface area contributed by atoms with E-state index < -0.39 is 189 Å². The van der Waals surface area contributed by atoms with Crippen LogP contribution in [0.2, 0.25) is 0 Å². The number of nitrogens with one attached hydrogen (secondary N) is 10. The summed E-state index contributed by atoms with van der Waals surface area (Å²) in [6.07, 6.45) is 1.60. The van der Waals surface area contributed by atoms with Crippen LogP contribution >= 0.6 is 0 Å². The van der Waals surface area contributed by atoms with Gasteiger partial charge in [0, 0.05) is 55.7 Å². The number of ether oxygens (including phenoxy) is 4. The maximum absolute atomic E-state index is 16.5. The minimum Gasteiger partial charge on any atom is -0.487 e. The van der Waals surface area contributed by atoms with Crippen LogP contribution in [-0.2, 0) is 91.4 Å². The Hall–Kier alpha value is -11.8. The second-order valence-corrected chi connectivity index (χ2v) is 38.9. The summed E-state index contributed by atoms with van der Waals surface area (Å²) in [7, 11) is -5.36. The second kappa shape index (κ2) is 46.5. The minimum atomic E-state index is -5.36. The fourth-order valence-electron chi connectivity index (χ4n) is 15.1. The molecule has 34 heteroatoms. The number of carbonyl (C=O) groups is 12. The van der Waals surface area contributed by atoms with Gasteiger partial charge in [0.25, 0.3) is 21.8 Å². The molecule has 0 unspecified atom stereocenters. The Morgan fingerprint density at radius 1 is 0.628 bits per heavy atom. The number of carbonyl (C=O) groups excluding carboxylic acids is 11. The Balaban J connectivity index is 1.22. The number of hydrogen-bond donors (Lipinski definition) is 13. The molecule has 2 heterocycles. The molecule has 33 nitrogen and oxygen atoms in total. The number of alkyl carbamates (subject to hydrolysis) is 1. The number of unbranched alkanes of at least 4 members (excludes halogenated alkanes) is 1. The van der Waals surface area contributed by atoms with E-state index in [0.717, 1.165) is 0 Å². The number of guanidine groups is 1. The molecule has 129 heavy (non-hydrogen) atoms. The molecule has 2 aliphatic rings. The number of sulfonamides is 1. The summed E-state index contributed by atoms with van der Waals surface area (Å²) in [5.74, 6) is -12.2. The van der Waals surface area contributed by atoms with Crippen LogP contribution in [0.1, 0.15) is 223 Å². The number of esters is 1. The van der Waals surface area contributed by atoms with Crippen molar-refractivity contribution in [3.63, 3.8) is 0 Å². The van der Waals surface area contributed by atoms with Crippen molar-refractivity contribution >= 4 is 105 Å². The number of carboxylic acid groups (broad SMARTS) is 1. The van der Waals surface area contributed by atoms with E-state index in [-0.39, 0.29) is 112 Å². The van der Waals surface area contributed by atoms with E-state index in [1.807, 2.05) is 34.6 Å². The molecule has 7 rings (SSSR count). The lowest BCUT2D eigenvalue weighted by Crippen LogP contribution is -2.63. The zero-order valence-electron chi connectivity index (χ0n) is 77.7. The molecule has 1 fully saturated rings. The van der Waals surface area contributed by atoms with E-state index in [1.165, 1.54) is 11.8 Å². The molecule has 704 valence electrons. The van der Waals surface area contributed by atoms with Gasteiger partial charge < -0.3 is 88.3 Å². The zero-order chi connectivity index (χ0) is 95.8. The summed E-state index contributed by atoms with van der Waals surface area (Å²) in [6, 6.07) is 16.5. The topological polar surface area (TPSA) is 487 Å². The molecule has 0 radical (unpaired) electrons. The number of benzene rings is 5. The lowest BCUT2D eigenvalue weighted by Gasteiger charge is -2.36. The summed E-state index contributed by atoms with van der Waals surface area (Å²) < 4.78 is 56.5. The number of anilines is 1. The average Bonchev–Trinajstić information content (AvgIpc) is 1.69. The van der Waals surface area contributed by atoms with Crippen LogP contribution < -0.4 is 64.1 Å². The highest BCUT2D eigenvalue weighted by Crippen LogP contribution is 2.45. The largest absolute Gasteiger partial charge is 0.487 e. The van der Waals surface area contributed by atoms with Gasteiger partial charge in [-0.3, -0.25) is 53.4 Å². The lowest BCUT2D eigenvalue weighted by atomic mass is 9.94. The first kappa shape index (κ1) is 104. The van der Waals surface area contributed by atoms with E-state index in [9.17, 15) is 33.9 Å². The van der Waals surface area contributed by atoms with Crippen molar-refractivity contribution in [2.75, 3.05) is 31.6 Å². The van der Waals surface area contributed by atoms with Gasteiger partial charge in [0.1, 0.15) is 76.9 Å². The number of likely N-dealkylation sites (tertiary alicyclic amines) is 1. The molecule has 0 aliphatic carbocycles. The fourth-order valence-corrected chi connectivity index (χ4v) is 17.3. The quantitative estimate of drug-likeness (QED) is 0.00569. The molecule has 0 aromatic heterocycles. The van der Waals surface area contributed by atoms with Crippen LogP contribution in [0.4, 0.5) is 10.5 Å². The van der Waals surface area contributed by atoms with Crippen molar-refractivity contribution < 1.29 is 90.0 Å². The fraction of sp³-hybridized carbons (Fsp3) is 0.526. The van der Waals surface area contributed by atoms with Gasteiger partial charge >= 0.3 is 18.0 Å². The molecule has 5 aromatic carbocycles. The molecule has 10 atom stereocenters. The molecule has 0 spiro atoms. The Morgan fingerprint density at radius 2 is 1.16 bits per heavy atom. The van der Waals surface area contributed by atoms with Gasteiger partial charge in [-0.2, -0.15) is 0 Å². The maximum Gasteiger partial charge on any atom is 0.407 e. The van der Waals surface area contributed by atoms with Gasteiger partial charge in [0.15, 0.2) is 5.96 Å². The number of rotatable bonds is 43. The van der Waals surface area contributed by atoms with Crippen LogP contribution in [-0.4, -0.2) is 203 Å². The number of nitrogens with zero attached hydrogens (tertiary/aromatic N) is 2. The number of carboxylic acids is 1. The predicted molar refractivity (Wildman–Crippen MR) is 491 cm³/mol. The molecule has 15 N–H and O–H groups in total. The summed E-state index contributed by atoms with van der Waals surface area (Å²) >= 11 is 0. The van der Waals surface area contributed by atoms with Gasteiger partial charge in [-0.25, -0.2) is 22.3 Å². The van der Waals surface area contributed by atoms with Crippen molar-refractivity contribution in [2.45, 2.75) is 290 Å². The van der Waals surface area contributed by atoms with Gasteiger partial charge in [-0.1, -0.05) is 143 Å². The molecule has 5 aromatic rings. The van der Waals surface area contributed by atoms with Crippen molar-refractivity contribution in [1.29, 1.82) is 5.41 Å². The zero-order valence-corrected chi connectivity index (χ0v) is 78.5. The minimum absolute atomic E-state index is 0.0216. The summed E-state index contributed by atoms with van der Waals surface area (Å²) in [6.45, 7) is 30.5. The van der Waals surface area contributed by atoms with Crippen LogP contribution in [0.5, 0.6) is 5.75 Å². The Bertz CT molecular complexity index is 4970. The van der Waals surface area contributed by atoms with Crippen molar-refractivity contribution in [1.82, 2.24) is 51.7 Å². The highest BCUT2D eigenvalue weighted by atomic mass is 32.2. The molecule has 0 saturated carbocycles. The van der Waals surface area contributed by atoms with E-state index in [4.69, 9.17) is 35.8 Å². The normalized spacial score (nSPS) is 15.9. The van der Waals surface area contributed by atoms with Crippen LogP contribution in [0.15, 0.2) is 114 Å². The van der Waals surface area contributed by atoms with Crippen molar-refractivity contribution in [3.05, 3.63) is 159 Å². The molecule has 0 bridgehead atoms. The van der Waals surface area contributed by atoms with Gasteiger partial charge in [-0.05, 0) is 211 Å². The third-order valence-corrected chi connectivity index (χ3v) is 23.9. The highest BCUT2D eigenvalue weighted by Gasteiger charge is 2.49. The SMILES string of the molecule is CC[C@H](C)[C@H](NC(=O)[C@H](Cc1ccccc1)NC(=O)[C@H](CC(C)C)NC(=O)[C@H](CC(=O)OC(C)(C)C)NC(=O)[C@H](Cc1ccccc1)NC(=O)[C@@H]1CCCN1C(=O)c1ccccc1/C=C/c1ccccc1NC(=O)[C@@H](N)COC(C)(C)C)C(=O)N([C@@H](CCCNC(=N)N)C(=O)N[C@@H](CCCCNC(=O)OC(C)(C)C)C(=O)O)S(=O)(=O)c1c(C)c(C)c2c(c1C)CC(C)(C)O2. The van der Waals surface area contributed by atoms with Crippen LogP contribution in [0.3, 0.4) is 0 Å². The monoisotopic (exact) mass is 1810 g/mol. The Labute approximate surface area is 757 Å². The van der Waals surface area contributed by atoms with Gasteiger partial charge in [-0.15, -0.1) is 0 Å². The molecular weight excluding hydrogens is 1670 g/mol. The number of fused-ring (bicyclic) bond motifs is 1. The predicted octanol–water partition coefficient (Wildman–Crippen LogP) is 9.03. The first-order chi connectivity index (χ1) is 60.4. The van der Waals surface area contributed by atoms with E-state index in [1.54, 1.807) is 204 Å². The Morgan fingerprint density at radius 3 is 1.75 bits per heavy atom. The number of hydrogen-bond acceptors (Lipinski definition) is 20.